The fourth-order valence-corrected chi connectivity index (χ4v) is 3.12. The highest BCUT2D eigenvalue weighted by atomic mass is 32.2. The Morgan fingerprint density at radius 1 is 1.33 bits per heavy atom. The number of nitrogens with zero attached hydrogens (tertiary/aromatic N) is 2. The lowest BCUT2D eigenvalue weighted by Crippen LogP contribution is -2.14. The van der Waals surface area contributed by atoms with E-state index in [4.69, 9.17) is 0 Å². The van der Waals surface area contributed by atoms with Crippen LogP contribution in [0.25, 0.3) is 0 Å². The summed E-state index contributed by atoms with van der Waals surface area (Å²) in [5.74, 6) is 0. The van der Waals surface area contributed by atoms with Crippen molar-refractivity contribution in [2.24, 2.45) is 7.05 Å². The normalized spacial score (nSPS) is 11.6. The van der Waals surface area contributed by atoms with Crippen LogP contribution in [0.4, 0.5) is 5.69 Å². The van der Waals surface area contributed by atoms with Gasteiger partial charge < -0.3 is 9.88 Å². The molecule has 0 aliphatic heterocycles. The molecule has 0 aromatic carbocycles. The molecule has 0 aliphatic rings. The van der Waals surface area contributed by atoms with Gasteiger partial charge in [-0.25, -0.2) is 8.42 Å². The van der Waals surface area contributed by atoms with Crippen molar-refractivity contribution in [3.05, 3.63) is 42.0 Å². The average Bonchev–Trinajstić information content (AvgIpc) is 2.78. The standard InChI is InChI=1S/C14H20N4O2S/c1-4-15-9-13-8-14(10-18(13)3)21(19,20)17-12-5-6-16-11(2)7-12/h5-8,10,15H,4,9H2,1-3H3,(H,16,17). The van der Waals surface area contributed by atoms with E-state index in [9.17, 15) is 8.42 Å². The zero-order chi connectivity index (χ0) is 15.5. The maximum atomic E-state index is 12.4. The summed E-state index contributed by atoms with van der Waals surface area (Å²) < 4.78 is 29.2. The third-order valence-electron chi connectivity index (χ3n) is 3.10. The molecule has 2 heterocycles. The minimum absolute atomic E-state index is 0.257. The molecule has 6 nitrogen and oxygen atoms in total. The van der Waals surface area contributed by atoms with E-state index in [-0.39, 0.29) is 4.90 Å². The molecule has 0 saturated heterocycles. The summed E-state index contributed by atoms with van der Waals surface area (Å²) in [6.07, 6.45) is 3.19. The minimum atomic E-state index is -3.58. The molecule has 0 radical (unpaired) electrons. The lowest BCUT2D eigenvalue weighted by molar-refractivity contribution is 0.601. The zero-order valence-electron chi connectivity index (χ0n) is 12.4. The molecule has 0 aliphatic carbocycles. The van der Waals surface area contributed by atoms with Gasteiger partial charge in [0.2, 0.25) is 0 Å². The van der Waals surface area contributed by atoms with Gasteiger partial charge in [-0.15, -0.1) is 0 Å². The van der Waals surface area contributed by atoms with Crippen LogP contribution in [0.15, 0.2) is 35.5 Å². The summed E-state index contributed by atoms with van der Waals surface area (Å²) in [7, 11) is -1.75. The number of nitrogens with one attached hydrogen (secondary N) is 2. The quantitative estimate of drug-likeness (QED) is 0.850. The number of pyridine rings is 1. The number of aromatic nitrogens is 2. The first-order valence-corrected chi connectivity index (χ1v) is 8.22. The third-order valence-corrected chi connectivity index (χ3v) is 4.45. The lowest BCUT2D eigenvalue weighted by atomic mass is 10.3. The van der Waals surface area contributed by atoms with Crippen LogP contribution in [0.3, 0.4) is 0 Å². The zero-order valence-corrected chi connectivity index (χ0v) is 13.2. The number of hydrogen-bond acceptors (Lipinski definition) is 4. The molecule has 2 N–H and O–H groups in total. The minimum Gasteiger partial charge on any atom is -0.352 e. The van der Waals surface area contributed by atoms with E-state index >= 15 is 0 Å². The fourth-order valence-electron chi connectivity index (χ4n) is 1.98. The van der Waals surface area contributed by atoms with E-state index in [0.717, 1.165) is 17.9 Å². The van der Waals surface area contributed by atoms with Gasteiger partial charge in [0.25, 0.3) is 10.0 Å². The van der Waals surface area contributed by atoms with Gasteiger partial charge in [0.1, 0.15) is 4.90 Å². The highest BCUT2D eigenvalue weighted by molar-refractivity contribution is 7.92. The molecular formula is C14H20N4O2S. The first-order valence-electron chi connectivity index (χ1n) is 6.74. The van der Waals surface area contributed by atoms with Crippen molar-refractivity contribution < 1.29 is 8.42 Å². The van der Waals surface area contributed by atoms with Crippen molar-refractivity contribution in [2.75, 3.05) is 11.3 Å². The molecule has 2 aromatic heterocycles. The largest absolute Gasteiger partial charge is 0.352 e. The second kappa shape index (κ2) is 6.28. The Hall–Kier alpha value is -1.86. The fraction of sp³-hybridized carbons (Fsp3) is 0.357. The van der Waals surface area contributed by atoms with Gasteiger partial charge in [-0.2, -0.15) is 0 Å². The summed E-state index contributed by atoms with van der Waals surface area (Å²) in [5, 5.41) is 3.18. The molecule has 114 valence electrons. The topological polar surface area (TPSA) is 76.0 Å². The molecule has 0 fully saturated rings. The molecule has 2 rings (SSSR count). The van der Waals surface area contributed by atoms with Gasteiger partial charge in [-0.3, -0.25) is 9.71 Å². The molecule has 21 heavy (non-hydrogen) atoms. The summed E-state index contributed by atoms with van der Waals surface area (Å²) in [6, 6.07) is 5.01. The maximum Gasteiger partial charge on any atom is 0.263 e. The molecule has 0 amide bonds. The van der Waals surface area contributed by atoms with Gasteiger partial charge in [-0.1, -0.05) is 6.92 Å². The second-order valence-electron chi connectivity index (χ2n) is 4.85. The SMILES string of the molecule is CCNCc1cc(S(=O)(=O)Nc2ccnc(C)c2)cn1C. The third kappa shape index (κ3) is 3.83. The van der Waals surface area contributed by atoms with E-state index in [1.165, 1.54) is 0 Å². The van der Waals surface area contributed by atoms with Crippen molar-refractivity contribution in [3.8, 4) is 0 Å². The average molecular weight is 308 g/mol. The number of rotatable bonds is 6. The predicted octanol–water partition coefficient (Wildman–Crippen LogP) is 1.64. The van der Waals surface area contributed by atoms with Crippen LogP contribution in [0, 0.1) is 6.92 Å². The van der Waals surface area contributed by atoms with Crippen LogP contribution in [0.2, 0.25) is 0 Å². The van der Waals surface area contributed by atoms with Crippen LogP contribution in [-0.4, -0.2) is 24.5 Å². The van der Waals surface area contributed by atoms with E-state index < -0.39 is 10.0 Å². The molecule has 0 saturated carbocycles. The molecule has 7 heteroatoms. The Morgan fingerprint density at radius 3 is 2.76 bits per heavy atom. The molecule has 0 bridgehead atoms. The summed E-state index contributed by atoms with van der Waals surface area (Å²) >= 11 is 0. The van der Waals surface area contributed by atoms with Gasteiger partial charge in [0.05, 0.1) is 5.69 Å². The summed E-state index contributed by atoms with van der Waals surface area (Å²) in [6.45, 7) is 5.29. The van der Waals surface area contributed by atoms with E-state index in [1.807, 2.05) is 25.5 Å². The van der Waals surface area contributed by atoms with Gasteiger partial charge in [0.15, 0.2) is 0 Å². The second-order valence-corrected chi connectivity index (χ2v) is 6.53. The van der Waals surface area contributed by atoms with Crippen molar-refractivity contribution in [1.82, 2.24) is 14.9 Å². The lowest BCUT2D eigenvalue weighted by Gasteiger charge is -2.06. The Morgan fingerprint density at radius 2 is 2.10 bits per heavy atom. The first-order chi connectivity index (χ1) is 9.92. The number of sulfonamides is 1. The van der Waals surface area contributed by atoms with Crippen LogP contribution in [0.1, 0.15) is 18.3 Å². The van der Waals surface area contributed by atoms with E-state index in [2.05, 4.69) is 15.0 Å². The van der Waals surface area contributed by atoms with Gasteiger partial charge >= 0.3 is 0 Å². The van der Waals surface area contributed by atoms with E-state index in [0.29, 0.717) is 12.2 Å². The van der Waals surface area contributed by atoms with Crippen LogP contribution >= 0.6 is 0 Å². The molecule has 0 spiro atoms. The van der Waals surface area contributed by atoms with Crippen molar-refractivity contribution in [1.29, 1.82) is 0 Å². The monoisotopic (exact) mass is 308 g/mol. The van der Waals surface area contributed by atoms with Crippen molar-refractivity contribution in [2.45, 2.75) is 25.3 Å². The summed E-state index contributed by atoms with van der Waals surface area (Å²) in [5.41, 5.74) is 2.19. The van der Waals surface area contributed by atoms with Crippen molar-refractivity contribution in [3.63, 3.8) is 0 Å². The Bertz CT molecular complexity index is 722. The van der Waals surface area contributed by atoms with Gasteiger partial charge in [-0.05, 0) is 31.7 Å². The molecular weight excluding hydrogens is 288 g/mol. The Labute approximate surface area is 125 Å². The molecule has 0 atom stereocenters. The number of aryl methyl sites for hydroxylation is 2. The van der Waals surface area contributed by atoms with E-state index in [1.54, 1.807) is 30.6 Å². The smallest absolute Gasteiger partial charge is 0.263 e. The molecule has 2 aromatic rings. The predicted molar refractivity (Wildman–Crippen MR) is 82.6 cm³/mol. The molecule has 0 unspecified atom stereocenters. The number of anilines is 1. The van der Waals surface area contributed by atoms with Crippen LogP contribution in [0.5, 0.6) is 0 Å². The first kappa shape index (κ1) is 15.5. The maximum absolute atomic E-state index is 12.4. The highest BCUT2D eigenvalue weighted by Crippen LogP contribution is 2.18. The Kier molecular flexibility index (Phi) is 4.64. The summed E-state index contributed by atoms with van der Waals surface area (Å²) in [4.78, 5) is 4.30. The van der Waals surface area contributed by atoms with Crippen molar-refractivity contribution >= 4 is 15.7 Å². The Balaban J connectivity index is 2.23. The van der Waals surface area contributed by atoms with Crippen LogP contribution < -0.4 is 10.0 Å². The van der Waals surface area contributed by atoms with Gasteiger partial charge in [0, 0.05) is 37.4 Å². The van der Waals surface area contributed by atoms with Crippen LogP contribution in [-0.2, 0) is 23.6 Å². The number of hydrogen-bond donors (Lipinski definition) is 2. The highest BCUT2D eigenvalue weighted by Gasteiger charge is 2.17.